The fourth-order valence-electron chi connectivity index (χ4n) is 4.22. The van der Waals surface area contributed by atoms with Crippen LogP contribution in [0.1, 0.15) is 34.6 Å². The van der Waals surface area contributed by atoms with Crippen LogP contribution in [-0.2, 0) is 27.2 Å². The van der Waals surface area contributed by atoms with E-state index >= 15 is 0 Å². The molecule has 6 nitrogen and oxygen atoms in total. The molecule has 36 heavy (non-hydrogen) atoms. The van der Waals surface area contributed by atoms with Crippen molar-refractivity contribution < 1.29 is 14.3 Å². The number of aryl methyl sites for hydroxylation is 1. The second-order valence-corrected chi connectivity index (χ2v) is 9.58. The molecule has 0 aliphatic carbocycles. The Morgan fingerprint density at radius 2 is 1.67 bits per heavy atom. The van der Waals surface area contributed by atoms with Crippen LogP contribution in [0.25, 0.3) is 0 Å². The topological polar surface area (TPSA) is 71.0 Å². The number of carbonyl (C=O) groups excluding carboxylic acids is 2. The van der Waals surface area contributed by atoms with Crippen molar-refractivity contribution in [1.82, 2.24) is 4.90 Å². The number of hydrogen-bond acceptors (Lipinski definition) is 5. The number of nitrogens with one attached hydrogen (secondary N) is 1. The summed E-state index contributed by atoms with van der Waals surface area (Å²) < 4.78 is 4.74. The second kappa shape index (κ2) is 11.5. The van der Waals surface area contributed by atoms with Crippen LogP contribution in [0.2, 0.25) is 5.02 Å². The molecular weight excluding hydrogens is 474 g/mol. The lowest BCUT2D eigenvalue weighted by Gasteiger charge is -2.15. The fraction of sp³-hybridized carbons (Fsp3) is 0.276. The van der Waals surface area contributed by atoms with Crippen molar-refractivity contribution in [3.63, 3.8) is 0 Å². The maximum Gasteiger partial charge on any atom is 0.305 e. The van der Waals surface area contributed by atoms with Crippen molar-refractivity contribution in [2.75, 3.05) is 33.1 Å². The van der Waals surface area contributed by atoms with E-state index in [-0.39, 0.29) is 11.9 Å². The number of rotatable bonds is 9. The SMILES string of the molecule is COC(=O)CCc1ccc(C(=Nc2ccc(CCN(C)C)cc2)C2C(=O)Nc3cc(Cl)ccc32)cc1. The summed E-state index contributed by atoms with van der Waals surface area (Å²) in [5, 5.41) is 3.52. The lowest BCUT2D eigenvalue weighted by molar-refractivity contribution is -0.140. The van der Waals surface area contributed by atoms with E-state index < -0.39 is 5.92 Å². The lowest BCUT2D eigenvalue weighted by atomic mass is 9.90. The van der Waals surface area contributed by atoms with Crippen LogP contribution in [-0.4, -0.2) is 50.2 Å². The summed E-state index contributed by atoms with van der Waals surface area (Å²) in [6.07, 6.45) is 1.85. The summed E-state index contributed by atoms with van der Waals surface area (Å²) in [5.41, 5.74) is 6.09. The number of likely N-dealkylation sites (N-methyl/N-ethyl adjacent to an activating group) is 1. The molecule has 0 saturated carbocycles. The third kappa shape index (κ3) is 6.20. The second-order valence-electron chi connectivity index (χ2n) is 9.14. The summed E-state index contributed by atoms with van der Waals surface area (Å²) in [6, 6.07) is 21.4. The molecular formula is C29H30ClN3O3. The highest BCUT2D eigenvalue weighted by atomic mass is 35.5. The van der Waals surface area contributed by atoms with Crippen LogP contribution in [0.15, 0.2) is 71.7 Å². The van der Waals surface area contributed by atoms with Crippen molar-refractivity contribution >= 4 is 40.6 Å². The maximum absolute atomic E-state index is 13.1. The number of carbonyl (C=O) groups is 2. The van der Waals surface area contributed by atoms with Gasteiger partial charge in [0.25, 0.3) is 0 Å². The fourth-order valence-corrected chi connectivity index (χ4v) is 4.39. The Kier molecular flexibility index (Phi) is 8.18. The van der Waals surface area contributed by atoms with Crippen molar-refractivity contribution in [2.45, 2.75) is 25.2 Å². The number of ether oxygens (including phenoxy) is 1. The number of nitrogens with zero attached hydrogens (tertiary/aromatic N) is 2. The number of esters is 1. The van der Waals surface area contributed by atoms with E-state index in [0.29, 0.717) is 29.3 Å². The predicted molar refractivity (Wildman–Crippen MR) is 144 cm³/mol. The number of benzene rings is 3. The van der Waals surface area contributed by atoms with E-state index in [4.69, 9.17) is 21.3 Å². The molecule has 1 atom stereocenters. The van der Waals surface area contributed by atoms with E-state index in [1.807, 2.05) is 42.5 Å². The average Bonchev–Trinajstić information content (AvgIpc) is 3.20. The first-order valence-electron chi connectivity index (χ1n) is 11.9. The van der Waals surface area contributed by atoms with Gasteiger partial charge in [-0.1, -0.05) is 54.1 Å². The van der Waals surface area contributed by atoms with Gasteiger partial charge in [-0.3, -0.25) is 14.6 Å². The van der Waals surface area contributed by atoms with Gasteiger partial charge in [-0.2, -0.15) is 0 Å². The molecule has 0 fully saturated rings. The Balaban J connectivity index is 1.68. The van der Waals surface area contributed by atoms with E-state index in [9.17, 15) is 9.59 Å². The van der Waals surface area contributed by atoms with Crippen molar-refractivity contribution in [3.8, 4) is 0 Å². The van der Waals surface area contributed by atoms with Crippen LogP contribution in [0.5, 0.6) is 0 Å². The summed E-state index contributed by atoms with van der Waals surface area (Å²) >= 11 is 6.17. The summed E-state index contributed by atoms with van der Waals surface area (Å²) in [7, 11) is 5.51. The molecule has 1 aliphatic heterocycles. The van der Waals surface area contributed by atoms with Gasteiger partial charge in [-0.15, -0.1) is 0 Å². The molecule has 4 rings (SSSR count). The molecule has 0 aromatic heterocycles. The van der Waals surface area contributed by atoms with E-state index in [1.54, 1.807) is 12.1 Å². The molecule has 1 amide bonds. The number of hydrogen-bond donors (Lipinski definition) is 1. The van der Waals surface area contributed by atoms with Gasteiger partial charge in [0.2, 0.25) is 5.91 Å². The van der Waals surface area contributed by atoms with E-state index in [2.05, 4.69) is 36.4 Å². The molecule has 186 valence electrons. The Labute approximate surface area is 216 Å². The quantitative estimate of drug-likeness (QED) is 0.313. The lowest BCUT2D eigenvalue weighted by Crippen LogP contribution is -2.22. The molecule has 0 bridgehead atoms. The first-order chi connectivity index (χ1) is 17.3. The van der Waals surface area contributed by atoms with Crippen molar-refractivity contribution in [1.29, 1.82) is 0 Å². The molecule has 1 heterocycles. The minimum Gasteiger partial charge on any atom is -0.469 e. The van der Waals surface area contributed by atoms with Crippen LogP contribution in [0.3, 0.4) is 0 Å². The number of aliphatic imine (C=N–C) groups is 1. The van der Waals surface area contributed by atoms with Gasteiger partial charge in [0.05, 0.1) is 18.5 Å². The third-order valence-corrected chi connectivity index (χ3v) is 6.48. The largest absolute Gasteiger partial charge is 0.469 e. The van der Waals surface area contributed by atoms with Gasteiger partial charge in [-0.05, 0) is 73.5 Å². The molecule has 3 aromatic rings. The third-order valence-electron chi connectivity index (χ3n) is 6.25. The van der Waals surface area contributed by atoms with Gasteiger partial charge in [0, 0.05) is 23.7 Å². The van der Waals surface area contributed by atoms with E-state index in [1.165, 1.54) is 12.7 Å². The Morgan fingerprint density at radius 1 is 1.00 bits per heavy atom. The van der Waals surface area contributed by atoms with Gasteiger partial charge >= 0.3 is 5.97 Å². The van der Waals surface area contributed by atoms with Gasteiger partial charge < -0.3 is 15.0 Å². The molecule has 7 heteroatoms. The number of anilines is 1. The average molecular weight is 504 g/mol. The van der Waals surface area contributed by atoms with Gasteiger partial charge in [0.1, 0.15) is 5.92 Å². The van der Waals surface area contributed by atoms with Gasteiger partial charge in [0.15, 0.2) is 0 Å². The highest BCUT2D eigenvalue weighted by Crippen LogP contribution is 2.37. The van der Waals surface area contributed by atoms with Crippen LogP contribution in [0, 0.1) is 0 Å². The standard InChI is InChI=1S/C29H30ClN3O3/c1-33(2)17-16-20-6-12-23(13-7-20)31-28(21-9-4-19(5-10-21)8-15-26(34)36-3)27-24-14-11-22(30)18-25(24)32-29(27)35/h4-7,9-14,18,27H,8,15-17H2,1-3H3,(H,32,35). The first kappa shape index (κ1) is 25.6. The van der Waals surface area contributed by atoms with Crippen LogP contribution < -0.4 is 5.32 Å². The highest BCUT2D eigenvalue weighted by molar-refractivity contribution is 6.31. The monoisotopic (exact) mass is 503 g/mol. The van der Waals surface area contributed by atoms with E-state index in [0.717, 1.165) is 35.3 Å². The number of fused-ring (bicyclic) bond motifs is 1. The normalized spacial score (nSPS) is 15.1. The Hall–Kier alpha value is -3.48. The van der Waals surface area contributed by atoms with Gasteiger partial charge in [-0.25, -0.2) is 0 Å². The summed E-state index contributed by atoms with van der Waals surface area (Å²) in [4.78, 5) is 31.8. The molecule has 0 saturated heterocycles. The number of amides is 1. The Morgan fingerprint density at radius 3 is 2.33 bits per heavy atom. The molecule has 1 unspecified atom stereocenters. The van der Waals surface area contributed by atoms with Crippen LogP contribution >= 0.6 is 11.6 Å². The van der Waals surface area contributed by atoms with Crippen LogP contribution in [0.4, 0.5) is 11.4 Å². The van der Waals surface area contributed by atoms with Crippen molar-refractivity contribution in [2.24, 2.45) is 4.99 Å². The zero-order valence-electron chi connectivity index (χ0n) is 20.8. The minimum absolute atomic E-state index is 0.136. The highest BCUT2D eigenvalue weighted by Gasteiger charge is 2.35. The number of methoxy groups -OCH3 is 1. The molecule has 0 spiro atoms. The molecule has 0 radical (unpaired) electrons. The molecule has 3 aromatic carbocycles. The summed E-state index contributed by atoms with van der Waals surface area (Å²) in [5.74, 6) is -0.941. The zero-order chi connectivity index (χ0) is 25.7. The summed E-state index contributed by atoms with van der Waals surface area (Å²) in [6.45, 7) is 0.970. The predicted octanol–water partition coefficient (Wildman–Crippen LogP) is 5.41. The first-order valence-corrected chi connectivity index (χ1v) is 12.3. The maximum atomic E-state index is 13.1. The number of halogens is 1. The van der Waals surface area contributed by atoms with Crippen molar-refractivity contribution in [3.05, 3.63) is 94.0 Å². The minimum atomic E-state index is -0.563. The zero-order valence-corrected chi connectivity index (χ0v) is 21.5. The smallest absolute Gasteiger partial charge is 0.305 e. The Bertz CT molecular complexity index is 1270. The molecule has 1 N–H and O–H groups in total. The molecule has 1 aliphatic rings.